The largest absolute Gasteiger partial charge is 0.492 e. The Bertz CT molecular complexity index is 1410. The zero-order valence-electron chi connectivity index (χ0n) is 19.5. The van der Waals surface area contributed by atoms with E-state index in [4.69, 9.17) is 9.15 Å². The van der Waals surface area contributed by atoms with Crippen LogP contribution >= 0.6 is 0 Å². The van der Waals surface area contributed by atoms with Gasteiger partial charge in [-0.15, -0.1) is 0 Å². The summed E-state index contributed by atoms with van der Waals surface area (Å²) in [6.45, 7) is 7.41. The predicted molar refractivity (Wildman–Crippen MR) is 133 cm³/mol. The van der Waals surface area contributed by atoms with E-state index in [9.17, 15) is 0 Å². The molecule has 0 bridgehead atoms. The molecule has 7 heteroatoms. The zero-order chi connectivity index (χ0) is 23.5. The summed E-state index contributed by atoms with van der Waals surface area (Å²) in [5, 5.41) is 4.62. The Morgan fingerprint density at radius 3 is 2.85 bits per heavy atom. The van der Waals surface area contributed by atoms with Gasteiger partial charge in [-0.25, -0.2) is 15.0 Å². The van der Waals surface area contributed by atoms with Gasteiger partial charge in [-0.3, -0.25) is 0 Å². The third-order valence-electron chi connectivity index (χ3n) is 5.80. The van der Waals surface area contributed by atoms with Gasteiger partial charge < -0.3 is 19.0 Å². The van der Waals surface area contributed by atoms with Crippen LogP contribution in [0.3, 0.4) is 0 Å². The highest BCUT2D eigenvalue weighted by molar-refractivity contribution is 5.85. The fourth-order valence-corrected chi connectivity index (χ4v) is 3.97. The molecule has 0 spiro atoms. The van der Waals surface area contributed by atoms with Crippen LogP contribution in [0.1, 0.15) is 29.9 Å². The van der Waals surface area contributed by atoms with E-state index in [1.165, 1.54) is 0 Å². The lowest BCUT2D eigenvalue weighted by Crippen LogP contribution is -2.10. The maximum Gasteiger partial charge on any atom is 0.134 e. The minimum atomic E-state index is 0.0398. The number of fused-ring (bicyclic) bond motifs is 1. The van der Waals surface area contributed by atoms with E-state index >= 15 is 0 Å². The van der Waals surface area contributed by atoms with Crippen molar-refractivity contribution in [2.75, 3.05) is 11.9 Å². The van der Waals surface area contributed by atoms with Crippen molar-refractivity contribution < 1.29 is 9.15 Å². The highest BCUT2D eigenvalue weighted by atomic mass is 16.5. The summed E-state index contributed by atoms with van der Waals surface area (Å²) in [7, 11) is 0. The molecule has 0 radical (unpaired) electrons. The Kier molecular flexibility index (Phi) is 5.99. The first-order valence-corrected chi connectivity index (χ1v) is 11.3. The fourth-order valence-electron chi connectivity index (χ4n) is 3.97. The number of nitrogens with one attached hydrogen (secondary N) is 1. The van der Waals surface area contributed by atoms with Crippen LogP contribution in [0.15, 0.2) is 77.9 Å². The van der Waals surface area contributed by atoms with Gasteiger partial charge in [-0.1, -0.05) is 12.1 Å². The first-order valence-electron chi connectivity index (χ1n) is 11.3. The molecule has 3 heterocycles. The van der Waals surface area contributed by atoms with Crippen molar-refractivity contribution in [3.63, 3.8) is 0 Å². The van der Waals surface area contributed by atoms with Crippen LogP contribution in [0, 0.1) is 13.8 Å². The number of imidazole rings is 1. The van der Waals surface area contributed by atoms with Crippen molar-refractivity contribution in [3.8, 4) is 17.0 Å². The van der Waals surface area contributed by atoms with E-state index in [-0.39, 0.29) is 6.04 Å². The maximum atomic E-state index is 5.94. The average Bonchev–Trinajstić information content (AvgIpc) is 3.48. The SMILES string of the molecule is Cc1nc(NC(C)c2cccc(OCCn3ccnc3)c2)cc(-c2ccc3occ(C)c3c2)n1. The number of furan rings is 1. The molecule has 34 heavy (non-hydrogen) atoms. The molecule has 2 aromatic carbocycles. The van der Waals surface area contributed by atoms with Gasteiger partial charge in [0.05, 0.1) is 30.9 Å². The van der Waals surface area contributed by atoms with Gasteiger partial charge in [-0.2, -0.15) is 0 Å². The van der Waals surface area contributed by atoms with E-state index in [1.807, 2.05) is 54.9 Å². The van der Waals surface area contributed by atoms with Crippen LogP contribution < -0.4 is 10.1 Å². The van der Waals surface area contributed by atoms with Gasteiger partial charge in [0.15, 0.2) is 0 Å². The van der Waals surface area contributed by atoms with Crippen molar-refractivity contribution in [1.82, 2.24) is 19.5 Å². The van der Waals surface area contributed by atoms with Crippen LogP contribution in [0.2, 0.25) is 0 Å². The lowest BCUT2D eigenvalue weighted by molar-refractivity contribution is 0.298. The highest BCUT2D eigenvalue weighted by Crippen LogP contribution is 2.29. The Hall–Kier alpha value is -4.13. The number of ether oxygens (including phenoxy) is 1. The second-order valence-electron chi connectivity index (χ2n) is 8.40. The molecule has 0 aliphatic heterocycles. The molecule has 7 nitrogen and oxygen atoms in total. The van der Waals surface area contributed by atoms with Crippen LogP contribution in [0.4, 0.5) is 5.82 Å². The zero-order valence-corrected chi connectivity index (χ0v) is 19.5. The molecule has 172 valence electrons. The molecule has 0 aliphatic rings. The van der Waals surface area contributed by atoms with Gasteiger partial charge in [0, 0.05) is 29.4 Å². The number of hydrogen-bond donors (Lipinski definition) is 1. The smallest absolute Gasteiger partial charge is 0.134 e. The fraction of sp³-hybridized carbons (Fsp3) is 0.222. The second kappa shape index (κ2) is 9.39. The van der Waals surface area contributed by atoms with Crippen LogP contribution in [0.5, 0.6) is 5.75 Å². The molecule has 5 aromatic rings. The van der Waals surface area contributed by atoms with Gasteiger partial charge in [0.2, 0.25) is 0 Å². The van der Waals surface area contributed by atoms with Crippen molar-refractivity contribution >= 4 is 16.8 Å². The normalized spacial score (nSPS) is 12.1. The van der Waals surface area contributed by atoms with Crippen molar-refractivity contribution in [3.05, 3.63) is 90.5 Å². The number of anilines is 1. The van der Waals surface area contributed by atoms with E-state index in [2.05, 4.69) is 45.4 Å². The van der Waals surface area contributed by atoms with E-state index < -0.39 is 0 Å². The lowest BCUT2D eigenvalue weighted by atomic mass is 10.1. The third-order valence-corrected chi connectivity index (χ3v) is 5.80. The summed E-state index contributed by atoms with van der Waals surface area (Å²) in [6.07, 6.45) is 7.27. The first-order chi connectivity index (χ1) is 16.5. The summed E-state index contributed by atoms with van der Waals surface area (Å²) < 4.78 is 13.5. The molecule has 0 amide bonds. The number of aryl methyl sites for hydroxylation is 2. The Labute approximate surface area is 198 Å². The standard InChI is InChI=1S/C27H27N5O2/c1-18-16-34-26-8-7-22(14-24(18)26)25-15-27(31-20(3)30-25)29-19(2)21-5-4-6-23(13-21)33-12-11-32-10-9-28-17-32/h4-10,13-17,19H,11-12H2,1-3H3,(H,29,30,31). The molecule has 0 fully saturated rings. The lowest BCUT2D eigenvalue weighted by Gasteiger charge is -2.17. The Morgan fingerprint density at radius 1 is 1.09 bits per heavy atom. The van der Waals surface area contributed by atoms with Crippen molar-refractivity contribution in [2.24, 2.45) is 0 Å². The number of hydrogen-bond acceptors (Lipinski definition) is 6. The summed E-state index contributed by atoms with van der Waals surface area (Å²) in [4.78, 5) is 13.3. The summed E-state index contributed by atoms with van der Waals surface area (Å²) in [5.74, 6) is 2.34. The molecule has 1 atom stereocenters. The average molecular weight is 454 g/mol. The number of aromatic nitrogens is 4. The number of rotatable bonds is 8. The third kappa shape index (κ3) is 4.78. The van der Waals surface area contributed by atoms with Crippen LogP contribution in [0.25, 0.3) is 22.2 Å². The number of benzene rings is 2. The molecule has 3 aromatic heterocycles. The van der Waals surface area contributed by atoms with Crippen molar-refractivity contribution in [1.29, 1.82) is 0 Å². The van der Waals surface area contributed by atoms with Gasteiger partial charge in [-0.05, 0) is 62.2 Å². The Balaban J connectivity index is 1.31. The topological polar surface area (TPSA) is 78.0 Å². The molecule has 5 rings (SSSR count). The van der Waals surface area contributed by atoms with Crippen molar-refractivity contribution in [2.45, 2.75) is 33.4 Å². The maximum absolute atomic E-state index is 5.94. The minimum Gasteiger partial charge on any atom is -0.492 e. The summed E-state index contributed by atoms with van der Waals surface area (Å²) in [5.41, 5.74) is 5.02. The van der Waals surface area contributed by atoms with Crippen LogP contribution in [-0.2, 0) is 6.54 Å². The monoisotopic (exact) mass is 453 g/mol. The summed E-state index contributed by atoms with van der Waals surface area (Å²) in [6, 6.07) is 16.3. The molecule has 0 aliphatic carbocycles. The van der Waals surface area contributed by atoms with Gasteiger partial charge in [0.1, 0.15) is 29.6 Å². The first kappa shape index (κ1) is 21.7. The minimum absolute atomic E-state index is 0.0398. The van der Waals surface area contributed by atoms with Gasteiger partial charge >= 0.3 is 0 Å². The quantitative estimate of drug-likeness (QED) is 0.313. The van der Waals surface area contributed by atoms with E-state index in [0.717, 1.165) is 51.5 Å². The highest BCUT2D eigenvalue weighted by Gasteiger charge is 2.12. The van der Waals surface area contributed by atoms with E-state index in [0.29, 0.717) is 12.4 Å². The molecule has 0 saturated carbocycles. The van der Waals surface area contributed by atoms with E-state index in [1.54, 1.807) is 18.8 Å². The molecule has 1 unspecified atom stereocenters. The molecular weight excluding hydrogens is 426 g/mol. The summed E-state index contributed by atoms with van der Waals surface area (Å²) >= 11 is 0. The number of nitrogens with zero attached hydrogens (tertiary/aromatic N) is 4. The molecule has 1 N–H and O–H groups in total. The van der Waals surface area contributed by atoms with Gasteiger partial charge in [0.25, 0.3) is 0 Å². The second-order valence-corrected chi connectivity index (χ2v) is 8.40. The Morgan fingerprint density at radius 2 is 2.00 bits per heavy atom. The van der Waals surface area contributed by atoms with Crippen LogP contribution in [-0.4, -0.2) is 26.1 Å². The molecular formula is C27H27N5O2. The predicted octanol–water partition coefficient (Wildman–Crippen LogP) is 5.96. The molecule has 0 saturated heterocycles.